The third-order valence-corrected chi connectivity index (χ3v) is 4.68. The highest BCUT2D eigenvalue weighted by Gasteiger charge is 2.13. The summed E-state index contributed by atoms with van der Waals surface area (Å²) in [6, 6.07) is 0.0436. The molecule has 1 atom stereocenters. The van der Waals surface area contributed by atoms with Gasteiger partial charge in [0.1, 0.15) is 4.47 Å². The predicted octanol–water partition coefficient (Wildman–Crippen LogP) is 3.26. The summed E-state index contributed by atoms with van der Waals surface area (Å²) >= 11 is 4.98. The van der Waals surface area contributed by atoms with E-state index in [2.05, 4.69) is 38.3 Å². The molecule has 5 nitrogen and oxygen atoms in total. The maximum absolute atomic E-state index is 12.1. The van der Waals surface area contributed by atoms with E-state index in [4.69, 9.17) is 0 Å². The summed E-state index contributed by atoms with van der Waals surface area (Å²) in [6.07, 6.45) is 3.48. The molecule has 0 amide bonds. The Bertz CT molecular complexity index is 624. The lowest BCUT2D eigenvalue weighted by molar-refractivity contribution is 0.501. The molecule has 20 heavy (non-hydrogen) atoms. The van der Waals surface area contributed by atoms with E-state index in [1.807, 2.05) is 19.2 Å². The van der Waals surface area contributed by atoms with Crippen LogP contribution < -0.4 is 10.9 Å². The molecule has 0 saturated carbocycles. The molecule has 1 N–H and O–H groups in total. The standard InChI is InChI=1S/C13H17BrN4OS/c1-8(2)18-13(19)11(14)10(7-17-18)16-6-9(3)12-15-4-5-20-12/h4-5,7-9,16H,6H2,1-3H3. The average Bonchev–Trinajstić information content (AvgIpc) is 2.93. The zero-order valence-corrected chi connectivity index (χ0v) is 14.0. The first-order chi connectivity index (χ1) is 9.50. The van der Waals surface area contributed by atoms with Gasteiger partial charge in [0.2, 0.25) is 0 Å². The number of nitrogens with zero attached hydrogens (tertiary/aromatic N) is 3. The molecular formula is C13H17BrN4OS. The summed E-state index contributed by atoms with van der Waals surface area (Å²) < 4.78 is 1.98. The Morgan fingerprint density at radius 2 is 2.20 bits per heavy atom. The van der Waals surface area contributed by atoms with E-state index >= 15 is 0 Å². The van der Waals surface area contributed by atoms with Gasteiger partial charge in [0, 0.05) is 24.0 Å². The van der Waals surface area contributed by atoms with Crippen molar-refractivity contribution in [2.24, 2.45) is 0 Å². The Morgan fingerprint density at radius 1 is 1.45 bits per heavy atom. The van der Waals surface area contributed by atoms with Crippen molar-refractivity contribution in [2.45, 2.75) is 32.7 Å². The first-order valence-corrected chi connectivity index (χ1v) is 8.08. The Balaban J connectivity index is 2.11. The van der Waals surface area contributed by atoms with Crippen molar-refractivity contribution in [2.75, 3.05) is 11.9 Å². The van der Waals surface area contributed by atoms with Gasteiger partial charge in [-0.25, -0.2) is 9.67 Å². The van der Waals surface area contributed by atoms with Crippen LogP contribution in [0.1, 0.15) is 37.7 Å². The quantitative estimate of drug-likeness (QED) is 0.892. The summed E-state index contributed by atoms with van der Waals surface area (Å²) in [5.41, 5.74) is 0.599. The highest BCUT2D eigenvalue weighted by molar-refractivity contribution is 9.10. The number of anilines is 1. The van der Waals surface area contributed by atoms with Gasteiger partial charge in [0.15, 0.2) is 0 Å². The van der Waals surface area contributed by atoms with Crippen LogP contribution in [0, 0.1) is 0 Å². The molecule has 108 valence electrons. The monoisotopic (exact) mass is 356 g/mol. The maximum atomic E-state index is 12.1. The minimum absolute atomic E-state index is 0.0436. The van der Waals surface area contributed by atoms with Crippen molar-refractivity contribution in [1.29, 1.82) is 0 Å². The lowest BCUT2D eigenvalue weighted by atomic mass is 10.2. The van der Waals surface area contributed by atoms with Gasteiger partial charge in [-0.3, -0.25) is 4.79 Å². The van der Waals surface area contributed by atoms with Gasteiger partial charge in [0.25, 0.3) is 5.56 Å². The van der Waals surface area contributed by atoms with Crippen molar-refractivity contribution in [1.82, 2.24) is 14.8 Å². The smallest absolute Gasteiger partial charge is 0.283 e. The highest BCUT2D eigenvalue weighted by Crippen LogP contribution is 2.21. The largest absolute Gasteiger partial charge is 0.382 e. The molecule has 7 heteroatoms. The fourth-order valence-electron chi connectivity index (χ4n) is 1.76. The topological polar surface area (TPSA) is 59.8 Å². The third-order valence-electron chi connectivity index (χ3n) is 2.90. The van der Waals surface area contributed by atoms with E-state index in [1.165, 1.54) is 4.68 Å². The van der Waals surface area contributed by atoms with Crippen LogP contribution in [0.3, 0.4) is 0 Å². The van der Waals surface area contributed by atoms with E-state index < -0.39 is 0 Å². The first kappa shape index (κ1) is 15.2. The molecular weight excluding hydrogens is 340 g/mol. The molecule has 0 aliphatic heterocycles. The Hall–Kier alpha value is -1.21. The zero-order chi connectivity index (χ0) is 14.7. The molecule has 0 aromatic carbocycles. The number of halogens is 1. The van der Waals surface area contributed by atoms with Crippen LogP contribution >= 0.6 is 27.3 Å². The fourth-order valence-corrected chi connectivity index (χ4v) is 2.89. The molecule has 1 unspecified atom stereocenters. The Labute approximate surface area is 130 Å². The summed E-state index contributed by atoms with van der Waals surface area (Å²) in [5.74, 6) is 0.287. The summed E-state index contributed by atoms with van der Waals surface area (Å²) in [4.78, 5) is 16.4. The normalized spacial score (nSPS) is 12.7. The number of hydrogen-bond donors (Lipinski definition) is 1. The molecule has 2 rings (SSSR count). The minimum Gasteiger partial charge on any atom is -0.382 e. The highest BCUT2D eigenvalue weighted by atomic mass is 79.9. The molecule has 0 saturated heterocycles. The van der Waals surface area contributed by atoms with Crippen LogP contribution in [-0.2, 0) is 0 Å². The van der Waals surface area contributed by atoms with Crippen LogP contribution in [0.15, 0.2) is 27.0 Å². The number of aromatic nitrogens is 3. The van der Waals surface area contributed by atoms with Gasteiger partial charge in [-0.2, -0.15) is 5.10 Å². The molecule has 2 heterocycles. The van der Waals surface area contributed by atoms with Crippen molar-refractivity contribution in [3.63, 3.8) is 0 Å². The molecule has 0 aliphatic rings. The molecule has 0 radical (unpaired) electrons. The molecule has 0 aliphatic carbocycles. The second-order valence-corrected chi connectivity index (χ2v) is 6.59. The number of thiazole rings is 1. The Morgan fingerprint density at radius 3 is 2.80 bits per heavy atom. The van der Waals surface area contributed by atoms with Gasteiger partial charge in [-0.05, 0) is 29.8 Å². The lowest BCUT2D eigenvalue weighted by Gasteiger charge is -2.14. The van der Waals surface area contributed by atoms with Gasteiger partial charge < -0.3 is 5.32 Å². The van der Waals surface area contributed by atoms with Crippen LogP contribution in [-0.4, -0.2) is 21.3 Å². The van der Waals surface area contributed by atoms with E-state index in [9.17, 15) is 4.79 Å². The Kier molecular flexibility index (Phi) is 4.93. The van der Waals surface area contributed by atoms with Crippen LogP contribution in [0.2, 0.25) is 0 Å². The number of nitrogens with one attached hydrogen (secondary N) is 1. The molecule has 0 fully saturated rings. The maximum Gasteiger partial charge on any atom is 0.283 e. The molecule has 0 bridgehead atoms. The number of hydrogen-bond acceptors (Lipinski definition) is 5. The number of rotatable bonds is 5. The molecule has 0 spiro atoms. The molecule has 2 aromatic heterocycles. The second kappa shape index (κ2) is 6.49. The average molecular weight is 357 g/mol. The van der Waals surface area contributed by atoms with Crippen LogP contribution in [0.4, 0.5) is 5.69 Å². The minimum atomic E-state index is -0.119. The second-order valence-electron chi connectivity index (χ2n) is 4.87. The molecule has 2 aromatic rings. The van der Waals surface area contributed by atoms with Crippen molar-refractivity contribution in [3.8, 4) is 0 Å². The third kappa shape index (κ3) is 3.27. The van der Waals surface area contributed by atoms with E-state index in [0.717, 1.165) is 10.7 Å². The van der Waals surface area contributed by atoms with Gasteiger partial charge >= 0.3 is 0 Å². The van der Waals surface area contributed by atoms with Crippen LogP contribution in [0.25, 0.3) is 0 Å². The van der Waals surface area contributed by atoms with Gasteiger partial charge in [0.05, 0.1) is 22.9 Å². The van der Waals surface area contributed by atoms with Crippen molar-refractivity contribution >= 4 is 33.0 Å². The SMILES string of the molecule is CC(CNc1cnn(C(C)C)c(=O)c1Br)c1nccs1. The van der Waals surface area contributed by atoms with E-state index in [0.29, 0.717) is 11.0 Å². The van der Waals surface area contributed by atoms with Gasteiger partial charge in [-0.15, -0.1) is 11.3 Å². The van der Waals surface area contributed by atoms with Crippen molar-refractivity contribution in [3.05, 3.63) is 37.6 Å². The van der Waals surface area contributed by atoms with Crippen molar-refractivity contribution < 1.29 is 0 Å². The first-order valence-electron chi connectivity index (χ1n) is 6.41. The van der Waals surface area contributed by atoms with E-state index in [-0.39, 0.29) is 17.5 Å². The zero-order valence-electron chi connectivity index (χ0n) is 11.6. The summed E-state index contributed by atoms with van der Waals surface area (Å²) in [6.45, 7) is 6.67. The summed E-state index contributed by atoms with van der Waals surface area (Å²) in [5, 5.41) is 10.5. The van der Waals surface area contributed by atoms with E-state index in [1.54, 1.807) is 23.7 Å². The lowest BCUT2D eigenvalue weighted by Crippen LogP contribution is -2.26. The van der Waals surface area contributed by atoms with Gasteiger partial charge in [-0.1, -0.05) is 6.92 Å². The fraction of sp³-hybridized carbons (Fsp3) is 0.462. The van der Waals surface area contributed by atoms with Crippen LogP contribution in [0.5, 0.6) is 0 Å². The summed E-state index contributed by atoms with van der Waals surface area (Å²) in [7, 11) is 0. The predicted molar refractivity (Wildman–Crippen MR) is 85.6 cm³/mol.